The maximum absolute atomic E-state index is 12.7. The van der Waals surface area contributed by atoms with Crippen molar-refractivity contribution < 1.29 is 4.79 Å². The second-order valence-electron chi connectivity index (χ2n) is 7.13. The molecule has 0 aromatic carbocycles. The number of rotatable bonds is 4. The summed E-state index contributed by atoms with van der Waals surface area (Å²) in [4.78, 5) is 26.2. The van der Waals surface area contributed by atoms with Crippen molar-refractivity contribution in [3.8, 4) is 0 Å². The van der Waals surface area contributed by atoms with Crippen LogP contribution in [-0.2, 0) is 19.4 Å². The summed E-state index contributed by atoms with van der Waals surface area (Å²) in [5.41, 5.74) is 1.94. The minimum absolute atomic E-state index is 0.0865. The molecular weight excluding hydrogens is 334 g/mol. The number of aryl methyl sites for hydroxylation is 1. The molecule has 26 heavy (non-hydrogen) atoms. The molecule has 0 saturated carbocycles. The van der Waals surface area contributed by atoms with Crippen molar-refractivity contribution in [2.45, 2.75) is 51.1 Å². The highest BCUT2D eigenvalue weighted by molar-refractivity contribution is 5.92. The Bertz CT molecular complexity index is 815. The topological polar surface area (TPSA) is 112 Å². The fraction of sp³-hybridized carbons (Fsp3) is 0.647. The van der Waals surface area contributed by atoms with Gasteiger partial charge in [-0.05, 0) is 32.2 Å². The van der Waals surface area contributed by atoms with E-state index in [1.54, 1.807) is 15.8 Å². The molecule has 0 spiro atoms. The number of carbonyl (C=O) groups excluding carboxylic acids is 1. The van der Waals surface area contributed by atoms with E-state index in [4.69, 9.17) is 0 Å². The van der Waals surface area contributed by atoms with Crippen LogP contribution >= 0.6 is 0 Å². The van der Waals surface area contributed by atoms with Gasteiger partial charge in [0.25, 0.3) is 11.5 Å². The van der Waals surface area contributed by atoms with E-state index in [0.29, 0.717) is 37.7 Å². The van der Waals surface area contributed by atoms with Crippen LogP contribution in [0.1, 0.15) is 47.4 Å². The van der Waals surface area contributed by atoms with Gasteiger partial charge < -0.3 is 15.3 Å². The number of piperidine rings is 1. The van der Waals surface area contributed by atoms with Crippen molar-refractivity contribution in [3.63, 3.8) is 0 Å². The van der Waals surface area contributed by atoms with Crippen LogP contribution in [-0.4, -0.2) is 61.7 Å². The number of aromatic nitrogens is 5. The average Bonchev–Trinajstić information content (AvgIpc) is 3.21. The molecule has 0 radical (unpaired) electrons. The van der Waals surface area contributed by atoms with Crippen molar-refractivity contribution in [2.24, 2.45) is 0 Å². The predicted molar refractivity (Wildman–Crippen MR) is 95.0 cm³/mol. The van der Waals surface area contributed by atoms with E-state index >= 15 is 0 Å². The number of nitrogens with zero attached hydrogens (tertiary/aromatic N) is 4. The van der Waals surface area contributed by atoms with Gasteiger partial charge in [0.05, 0.1) is 6.20 Å². The van der Waals surface area contributed by atoms with E-state index in [-0.39, 0.29) is 11.5 Å². The highest BCUT2D eigenvalue weighted by atomic mass is 16.2. The Morgan fingerprint density at radius 2 is 2.12 bits per heavy atom. The number of fused-ring (bicyclic) bond motifs is 1. The standard InChI is InChI=1S/C17H25N7O2/c25-16-13-5-8-23(9-6-14(13)19-21-16)17(26)15-11-24(22-20-15)10-4-12-3-1-2-7-18-12/h11-12,18H,1-10H2,(H2,19,21,25)/t12-/m1/s1. The number of H-pyrrole nitrogens is 2. The Balaban J connectivity index is 1.35. The molecule has 3 N–H and O–H groups in total. The van der Waals surface area contributed by atoms with Crippen LogP contribution in [0.5, 0.6) is 0 Å². The minimum Gasteiger partial charge on any atom is -0.336 e. The predicted octanol–water partition coefficient (Wildman–Crippen LogP) is 0.0677. The number of nitrogens with one attached hydrogen (secondary N) is 3. The zero-order valence-corrected chi connectivity index (χ0v) is 14.8. The molecule has 9 nitrogen and oxygen atoms in total. The van der Waals surface area contributed by atoms with Gasteiger partial charge in [0.1, 0.15) is 0 Å². The van der Waals surface area contributed by atoms with Gasteiger partial charge in [-0.1, -0.05) is 11.6 Å². The summed E-state index contributed by atoms with van der Waals surface area (Å²) in [5, 5.41) is 17.2. The van der Waals surface area contributed by atoms with Gasteiger partial charge in [-0.2, -0.15) is 0 Å². The van der Waals surface area contributed by atoms with Gasteiger partial charge in [0.2, 0.25) is 0 Å². The summed E-state index contributed by atoms with van der Waals surface area (Å²) in [6.07, 6.45) is 7.67. The highest BCUT2D eigenvalue weighted by Gasteiger charge is 2.24. The van der Waals surface area contributed by atoms with Crippen LogP contribution in [0, 0.1) is 0 Å². The van der Waals surface area contributed by atoms with Crippen molar-refractivity contribution in [3.05, 3.63) is 33.5 Å². The molecule has 140 valence electrons. The Kier molecular flexibility index (Phi) is 4.87. The van der Waals surface area contributed by atoms with E-state index in [9.17, 15) is 9.59 Å². The normalized spacial score (nSPS) is 20.6. The second kappa shape index (κ2) is 7.45. The van der Waals surface area contributed by atoms with Crippen molar-refractivity contribution in [1.82, 2.24) is 35.4 Å². The van der Waals surface area contributed by atoms with Crippen LogP contribution in [0.3, 0.4) is 0 Å². The van der Waals surface area contributed by atoms with Gasteiger partial charge in [-0.15, -0.1) is 5.10 Å². The molecule has 1 saturated heterocycles. The Hall–Kier alpha value is -2.42. The van der Waals surface area contributed by atoms with Gasteiger partial charge >= 0.3 is 0 Å². The molecule has 9 heteroatoms. The number of amides is 1. The lowest BCUT2D eigenvalue weighted by atomic mass is 10.0. The summed E-state index contributed by atoms with van der Waals surface area (Å²) in [6.45, 7) is 2.94. The third kappa shape index (κ3) is 3.57. The van der Waals surface area contributed by atoms with E-state index in [0.717, 1.165) is 30.8 Å². The molecule has 4 heterocycles. The molecule has 2 aromatic rings. The second-order valence-corrected chi connectivity index (χ2v) is 7.13. The number of aromatic amines is 2. The third-order valence-corrected chi connectivity index (χ3v) is 5.39. The first-order valence-electron chi connectivity index (χ1n) is 9.42. The monoisotopic (exact) mass is 359 g/mol. The quantitative estimate of drug-likeness (QED) is 0.715. The molecule has 0 aliphatic carbocycles. The lowest BCUT2D eigenvalue weighted by Gasteiger charge is -2.23. The van der Waals surface area contributed by atoms with Crippen LogP contribution in [0.4, 0.5) is 0 Å². The van der Waals surface area contributed by atoms with Crippen molar-refractivity contribution in [2.75, 3.05) is 19.6 Å². The van der Waals surface area contributed by atoms with E-state index in [1.165, 1.54) is 19.3 Å². The number of hydrogen-bond acceptors (Lipinski definition) is 5. The molecule has 1 atom stereocenters. The average molecular weight is 359 g/mol. The summed E-state index contributed by atoms with van der Waals surface area (Å²) in [5.74, 6) is -0.117. The maximum atomic E-state index is 12.7. The smallest absolute Gasteiger partial charge is 0.276 e. The molecule has 2 aliphatic rings. The van der Waals surface area contributed by atoms with Gasteiger partial charge in [0, 0.05) is 43.4 Å². The fourth-order valence-electron chi connectivity index (χ4n) is 3.83. The van der Waals surface area contributed by atoms with Crippen LogP contribution in [0.25, 0.3) is 0 Å². The van der Waals surface area contributed by atoms with E-state index < -0.39 is 0 Å². The van der Waals surface area contributed by atoms with Gasteiger partial charge in [-0.25, -0.2) is 0 Å². The van der Waals surface area contributed by atoms with Crippen LogP contribution < -0.4 is 10.9 Å². The van der Waals surface area contributed by atoms with Gasteiger partial charge in [-0.3, -0.25) is 19.4 Å². The summed E-state index contributed by atoms with van der Waals surface area (Å²) < 4.78 is 1.76. The van der Waals surface area contributed by atoms with Crippen molar-refractivity contribution >= 4 is 5.91 Å². The molecule has 0 bridgehead atoms. The molecule has 4 rings (SSSR count). The molecular formula is C17H25N7O2. The maximum Gasteiger partial charge on any atom is 0.276 e. The minimum atomic E-state index is -0.117. The first kappa shape index (κ1) is 17.0. The lowest BCUT2D eigenvalue weighted by Crippen LogP contribution is -2.34. The largest absolute Gasteiger partial charge is 0.336 e. The van der Waals surface area contributed by atoms with Crippen LogP contribution in [0.2, 0.25) is 0 Å². The molecule has 2 aliphatic heterocycles. The number of carbonyl (C=O) groups is 1. The Labute approximate surface area is 151 Å². The lowest BCUT2D eigenvalue weighted by molar-refractivity contribution is 0.0756. The fourth-order valence-corrected chi connectivity index (χ4v) is 3.83. The van der Waals surface area contributed by atoms with Gasteiger partial charge in [0.15, 0.2) is 5.69 Å². The summed E-state index contributed by atoms with van der Waals surface area (Å²) in [6, 6.07) is 0.532. The first-order valence-corrected chi connectivity index (χ1v) is 9.42. The summed E-state index contributed by atoms with van der Waals surface area (Å²) >= 11 is 0. The molecule has 1 amide bonds. The highest BCUT2D eigenvalue weighted by Crippen LogP contribution is 2.13. The Morgan fingerprint density at radius 3 is 2.96 bits per heavy atom. The molecule has 1 fully saturated rings. The van der Waals surface area contributed by atoms with E-state index in [2.05, 4.69) is 25.8 Å². The first-order chi connectivity index (χ1) is 12.7. The molecule has 2 aromatic heterocycles. The zero-order valence-electron chi connectivity index (χ0n) is 14.8. The zero-order chi connectivity index (χ0) is 17.9. The Morgan fingerprint density at radius 1 is 1.23 bits per heavy atom. The van der Waals surface area contributed by atoms with Crippen LogP contribution in [0.15, 0.2) is 11.0 Å². The summed E-state index contributed by atoms with van der Waals surface area (Å²) in [7, 11) is 0. The number of hydrogen-bond donors (Lipinski definition) is 3. The molecule has 0 unspecified atom stereocenters. The van der Waals surface area contributed by atoms with E-state index in [1.807, 2.05) is 0 Å². The SMILES string of the molecule is O=C(c1cn(CC[C@H]2CCCCN2)nn1)N1CCc2[nH][nH]c(=O)c2CC1. The van der Waals surface area contributed by atoms with Crippen molar-refractivity contribution in [1.29, 1.82) is 0 Å². The third-order valence-electron chi connectivity index (χ3n) is 5.39.